The topological polar surface area (TPSA) is 149 Å². The first-order chi connectivity index (χ1) is 23.2. The molecule has 3 heterocycles. The van der Waals surface area contributed by atoms with Crippen LogP contribution < -0.4 is 9.44 Å². The molecule has 2 amide bonds. The fourth-order valence-electron chi connectivity index (χ4n) is 8.11. The number of amides is 2. The fourth-order valence-corrected chi connectivity index (χ4v) is 9.38. The maximum Gasteiger partial charge on any atom is 0.301 e. The van der Waals surface area contributed by atoms with E-state index >= 15 is 0 Å². The lowest BCUT2D eigenvalue weighted by atomic mass is 9.68. The van der Waals surface area contributed by atoms with Crippen LogP contribution in [-0.4, -0.2) is 91.3 Å². The number of fused-ring (bicyclic) bond motifs is 4. The molecule has 49 heavy (non-hydrogen) atoms. The summed E-state index contributed by atoms with van der Waals surface area (Å²) >= 11 is 6.45. The molecule has 7 rings (SSSR count). The van der Waals surface area contributed by atoms with Crippen LogP contribution in [0.5, 0.6) is 0 Å². The van der Waals surface area contributed by atoms with E-state index in [1.807, 2.05) is 35.2 Å². The first kappa shape index (κ1) is 35.7. The van der Waals surface area contributed by atoms with E-state index in [-0.39, 0.29) is 36.3 Å². The van der Waals surface area contributed by atoms with Crippen molar-refractivity contribution in [3.8, 4) is 0 Å². The molecule has 266 valence electrons. The van der Waals surface area contributed by atoms with E-state index in [1.165, 1.54) is 11.0 Å². The third kappa shape index (κ3) is 7.08. The van der Waals surface area contributed by atoms with Crippen LogP contribution in [0, 0.1) is 17.8 Å². The highest BCUT2D eigenvalue weighted by atomic mass is 35.5. The number of benzene rings is 1. The van der Waals surface area contributed by atoms with Gasteiger partial charge in [-0.2, -0.15) is 13.1 Å². The van der Waals surface area contributed by atoms with Gasteiger partial charge in [-0.25, -0.2) is 4.72 Å². The fraction of sp³-hybridized carbons (Fsp3) is 0.556. The summed E-state index contributed by atoms with van der Waals surface area (Å²) in [4.78, 5) is 32.1. The van der Waals surface area contributed by atoms with Gasteiger partial charge >= 0.3 is 10.2 Å². The Labute approximate surface area is 293 Å². The minimum atomic E-state index is -4.40. The summed E-state index contributed by atoms with van der Waals surface area (Å²) in [6.07, 6.45) is 14.4. The van der Waals surface area contributed by atoms with Crippen molar-refractivity contribution in [2.45, 2.75) is 75.5 Å². The Morgan fingerprint density at radius 3 is 2.73 bits per heavy atom. The van der Waals surface area contributed by atoms with Gasteiger partial charge in [0.25, 0.3) is 5.91 Å². The number of carbonyl (C=O) groups excluding carboxylic acids is 2. The molecule has 1 aromatic rings. The highest BCUT2D eigenvalue weighted by molar-refractivity contribution is 7.88. The van der Waals surface area contributed by atoms with Crippen LogP contribution in [0.2, 0.25) is 5.02 Å². The number of aryl methyl sites for hydroxylation is 1. The van der Waals surface area contributed by atoms with Crippen molar-refractivity contribution in [2.24, 2.45) is 17.8 Å². The van der Waals surface area contributed by atoms with Gasteiger partial charge in [-0.05, 0) is 111 Å². The number of halogens is 1. The maximum absolute atomic E-state index is 14.4. The van der Waals surface area contributed by atoms with E-state index in [1.54, 1.807) is 39.1 Å². The van der Waals surface area contributed by atoms with E-state index in [9.17, 15) is 28.2 Å². The predicted molar refractivity (Wildman–Crippen MR) is 186 cm³/mol. The van der Waals surface area contributed by atoms with Crippen LogP contribution in [0.15, 0.2) is 66.1 Å². The average molecular weight is 715 g/mol. The summed E-state index contributed by atoms with van der Waals surface area (Å²) in [5, 5.41) is 24.3. The smallest absolute Gasteiger partial charge is 0.301 e. The molecule has 6 atom stereocenters. The standard InChI is InChI=1S/C36H47ClN4O7S/c1-23(2)38-49(46,47)39-34(44)36(45)26-10-14-31-32(36)33(43)40(3)17-5-4-8-30(42)28-12-9-25(28)20-41(18-15-26)21-35(22-48-31)16-6-7-24-19-27(37)11-13-29(24)35/h4,8,10-11,13-15,18-19,23,25,28,30,32,38,42,45H,5-7,9,12,16-17,20-22H2,1-3H3,(H,39,44)/b8-4+,18-15?/t25-,28+,30-,32?,35-,36-/m0/s1. The van der Waals surface area contributed by atoms with Crippen LogP contribution in [0.4, 0.5) is 0 Å². The lowest BCUT2D eigenvalue weighted by Crippen LogP contribution is -2.61. The highest BCUT2D eigenvalue weighted by Gasteiger charge is 2.56. The first-order valence-corrected chi connectivity index (χ1v) is 19.0. The molecule has 1 unspecified atom stereocenters. The number of hydrogen-bond donors (Lipinski definition) is 4. The van der Waals surface area contributed by atoms with Crippen molar-refractivity contribution in [3.63, 3.8) is 0 Å². The van der Waals surface area contributed by atoms with Crippen molar-refractivity contribution in [1.82, 2.24) is 19.2 Å². The molecule has 1 saturated carbocycles. The normalized spacial score (nSPS) is 32.6. The monoisotopic (exact) mass is 714 g/mol. The molecule has 4 bridgehead atoms. The number of aliphatic hydroxyl groups is 2. The first-order valence-electron chi connectivity index (χ1n) is 17.2. The quantitative estimate of drug-likeness (QED) is 0.348. The molecule has 4 N–H and O–H groups in total. The zero-order valence-electron chi connectivity index (χ0n) is 28.3. The Bertz CT molecular complexity index is 1710. The second-order valence-corrected chi connectivity index (χ2v) is 16.4. The molecule has 0 radical (unpaired) electrons. The third-order valence-corrected chi connectivity index (χ3v) is 12.2. The zero-order valence-corrected chi connectivity index (χ0v) is 29.8. The minimum absolute atomic E-state index is 0.0535. The number of nitrogens with one attached hydrogen (secondary N) is 2. The summed E-state index contributed by atoms with van der Waals surface area (Å²) in [5.41, 5.74) is -0.914. The highest BCUT2D eigenvalue weighted by Crippen LogP contribution is 2.45. The summed E-state index contributed by atoms with van der Waals surface area (Å²) in [7, 11) is -2.83. The lowest BCUT2D eigenvalue weighted by molar-refractivity contribution is -0.152. The van der Waals surface area contributed by atoms with Gasteiger partial charge in [0, 0.05) is 43.2 Å². The van der Waals surface area contributed by atoms with Gasteiger partial charge in [0.15, 0.2) is 5.60 Å². The molecule has 13 heteroatoms. The van der Waals surface area contributed by atoms with Crippen LogP contribution in [0.3, 0.4) is 0 Å². The summed E-state index contributed by atoms with van der Waals surface area (Å²) < 4.78 is 36.9. The summed E-state index contributed by atoms with van der Waals surface area (Å²) in [6.45, 7) is 4.71. The van der Waals surface area contributed by atoms with Crippen molar-refractivity contribution in [2.75, 3.05) is 33.3 Å². The Morgan fingerprint density at radius 2 is 2.00 bits per heavy atom. The molecule has 1 fully saturated rings. The molecule has 3 aliphatic heterocycles. The molecule has 3 aliphatic carbocycles. The largest absolute Gasteiger partial charge is 0.496 e. The maximum atomic E-state index is 14.4. The number of nitrogens with zero attached hydrogens (tertiary/aromatic N) is 2. The van der Waals surface area contributed by atoms with E-state index in [2.05, 4.69) is 9.62 Å². The van der Waals surface area contributed by atoms with Gasteiger partial charge in [-0.15, -0.1) is 0 Å². The Hall–Kier alpha value is -3.16. The Morgan fingerprint density at radius 1 is 1.20 bits per heavy atom. The van der Waals surface area contributed by atoms with Crippen molar-refractivity contribution in [1.29, 1.82) is 0 Å². The van der Waals surface area contributed by atoms with E-state index < -0.39 is 51.1 Å². The number of aliphatic hydroxyl groups excluding tert-OH is 1. The average Bonchev–Trinajstić information content (AvgIpc) is 3.05. The van der Waals surface area contributed by atoms with Crippen LogP contribution in [0.1, 0.15) is 57.1 Å². The lowest BCUT2D eigenvalue weighted by Gasteiger charge is -2.46. The van der Waals surface area contributed by atoms with Gasteiger partial charge in [0.1, 0.15) is 11.7 Å². The van der Waals surface area contributed by atoms with Gasteiger partial charge < -0.3 is 24.7 Å². The van der Waals surface area contributed by atoms with E-state index in [0.29, 0.717) is 24.5 Å². The van der Waals surface area contributed by atoms with Crippen LogP contribution >= 0.6 is 11.6 Å². The number of hydrogen-bond acceptors (Lipinski definition) is 8. The van der Waals surface area contributed by atoms with Crippen LogP contribution in [-0.2, 0) is 36.4 Å². The van der Waals surface area contributed by atoms with Crippen molar-refractivity contribution >= 4 is 33.6 Å². The SMILES string of the molecule is CC(C)NS(=O)(=O)NC(=O)[C@]1(O)C2=CC=C3OC[C@]4(CCCc5cc(Cl)ccc54)CN(C=C2)C[C@@H]2CC[C@H]2[C@@H](O)/C=C/CCN(C)C(=O)C31. The molecule has 0 aromatic heterocycles. The predicted octanol–water partition coefficient (Wildman–Crippen LogP) is 3.10. The second kappa shape index (κ2) is 13.9. The van der Waals surface area contributed by atoms with Crippen molar-refractivity contribution < 1.29 is 33.0 Å². The second-order valence-electron chi connectivity index (χ2n) is 14.5. The minimum Gasteiger partial charge on any atom is -0.496 e. The number of ether oxygens (including phenoxy) is 1. The molecule has 11 nitrogen and oxygen atoms in total. The molecular weight excluding hydrogens is 668 g/mol. The van der Waals surface area contributed by atoms with Gasteiger partial charge in [0.05, 0.1) is 12.7 Å². The van der Waals surface area contributed by atoms with Crippen LogP contribution in [0.25, 0.3) is 0 Å². The Kier molecular flexibility index (Phi) is 10.1. The van der Waals surface area contributed by atoms with E-state index in [0.717, 1.165) is 43.2 Å². The number of carbonyl (C=O) groups is 2. The summed E-state index contributed by atoms with van der Waals surface area (Å²) in [6, 6.07) is 5.39. The molecule has 0 saturated heterocycles. The van der Waals surface area contributed by atoms with Crippen molar-refractivity contribution in [3.05, 3.63) is 82.3 Å². The molecule has 6 aliphatic rings. The van der Waals surface area contributed by atoms with Gasteiger partial charge in [0.2, 0.25) is 5.91 Å². The van der Waals surface area contributed by atoms with E-state index in [4.69, 9.17) is 16.3 Å². The number of allylic oxidation sites excluding steroid dienone is 2. The van der Waals surface area contributed by atoms with Gasteiger partial charge in [-0.3, -0.25) is 9.59 Å². The molecule has 1 aromatic carbocycles. The summed E-state index contributed by atoms with van der Waals surface area (Å²) in [5.74, 6) is -3.15. The zero-order chi connectivity index (χ0) is 35.1. The Balaban J connectivity index is 1.51. The molecular formula is C36H47ClN4O7S. The third-order valence-electron chi connectivity index (χ3n) is 10.7. The van der Waals surface area contributed by atoms with Gasteiger partial charge in [-0.1, -0.05) is 35.9 Å². The molecule has 1 spiro atoms. The number of rotatable bonds is 4.